The fraction of sp³-hybridized carbons (Fsp3) is 0.0833. The third-order valence-corrected chi connectivity index (χ3v) is 4.54. The first-order chi connectivity index (χ1) is 9.36. The van der Waals surface area contributed by atoms with Crippen molar-refractivity contribution in [1.29, 1.82) is 0 Å². The third-order valence-electron chi connectivity index (χ3n) is 2.63. The number of nitrogens with two attached hydrogens (primary N) is 1. The number of nitrogen functional groups attached to an aromatic ring is 1. The van der Waals surface area contributed by atoms with E-state index in [0.717, 1.165) is 26.6 Å². The third kappa shape index (κ3) is 2.67. The Labute approximate surface area is 118 Å². The molecule has 3 aromatic rings. The molecule has 7 heteroatoms. The van der Waals surface area contributed by atoms with Gasteiger partial charge in [-0.3, -0.25) is 0 Å². The highest BCUT2D eigenvalue weighted by Crippen LogP contribution is 2.28. The van der Waals surface area contributed by atoms with Crippen molar-refractivity contribution in [2.24, 2.45) is 5.84 Å². The molecule has 0 spiro atoms. The monoisotopic (exact) mass is 289 g/mol. The van der Waals surface area contributed by atoms with E-state index in [0.29, 0.717) is 5.82 Å². The number of nitrogens with one attached hydrogen (secondary N) is 1. The molecule has 0 fully saturated rings. The van der Waals surface area contributed by atoms with E-state index in [4.69, 9.17) is 5.84 Å². The van der Waals surface area contributed by atoms with Gasteiger partial charge >= 0.3 is 0 Å². The Morgan fingerprint density at radius 1 is 1.32 bits per heavy atom. The first-order valence-electron chi connectivity index (χ1n) is 5.61. The Balaban J connectivity index is 1.92. The van der Waals surface area contributed by atoms with Crippen LogP contribution in [0.25, 0.3) is 10.9 Å². The van der Waals surface area contributed by atoms with E-state index in [1.165, 1.54) is 11.3 Å². The summed E-state index contributed by atoms with van der Waals surface area (Å²) in [5.41, 5.74) is 6.37. The van der Waals surface area contributed by atoms with Gasteiger partial charge in [0.1, 0.15) is 11.3 Å². The van der Waals surface area contributed by atoms with Crippen molar-refractivity contribution in [2.75, 3.05) is 5.43 Å². The molecule has 0 aliphatic rings. The van der Waals surface area contributed by atoms with Crippen LogP contribution in [-0.4, -0.2) is 15.2 Å². The standard InChI is InChI=1S/C12H11N5S2/c13-16-11-9(6-18-12-17-14-7-19-12)5-8-3-1-2-4-10(8)15-11/h1-5,7H,6,13H2,(H,15,16). The second kappa shape index (κ2) is 5.52. The number of para-hydroxylation sites is 1. The number of anilines is 1. The normalized spacial score (nSPS) is 10.8. The van der Waals surface area contributed by atoms with E-state index >= 15 is 0 Å². The summed E-state index contributed by atoms with van der Waals surface area (Å²) < 4.78 is 0.941. The molecule has 0 saturated heterocycles. The van der Waals surface area contributed by atoms with Gasteiger partial charge in [-0.1, -0.05) is 41.3 Å². The van der Waals surface area contributed by atoms with E-state index in [9.17, 15) is 0 Å². The summed E-state index contributed by atoms with van der Waals surface area (Å²) in [5, 5.41) is 8.93. The van der Waals surface area contributed by atoms with Crippen molar-refractivity contribution in [1.82, 2.24) is 15.2 Å². The summed E-state index contributed by atoms with van der Waals surface area (Å²) in [6, 6.07) is 10.1. The van der Waals surface area contributed by atoms with Gasteiger partial charge in [-0.2, -0.15) is 0 Å². The molecule has 19 heavy (non-hydrogen) atoms. The molecule has 2 heterocycles. The average Bonchev–Trinajstić information content (AvgIpc) is 2.97. The zero-order valence-corrected chi connectivity index (χ0v) is 11.5. The van der Waals surface area contributed by atoms with Crippen molar-refractivity contribution >= 4 is 39.8 Å². The minimum Gasteiger partial charge on any atom is -0.308 e. The minimum absolute atomic E-state index is 0.704. The number of nitrogens with zero attached hydrogens (tertiary/aromatic N) is 3. The van der Waals surface area contributed by atoms with Crippen LogP contribution in [0.5, 0.6) is 0 Å². The molecule has 0 bridgehead atoms. The number of benzene rings is 1. The SMILES string of the molecule is NNc1nc2ccccc2cc1CSc1nncs1. The van der Waals surface area contributed by atoms with Gasteiger partial charge in [-0.25, -0.2) is 10.8 Å². The van der Waals surface area contributed by atoms with E-state index in [2.05, 4.69) is 26.7 Å². The molecular weight excluding hydrogens is 278 g/mol. The lowest BCUT2D eigenvalue weighted by atomic mass is 10.1. The second-order valence-electron chi connectivity index (χ2n) is 3.83. The molecule has 2 aromatic heterocycles. The maximum Gasteiger partial charge on any atom is 0.174 e. The fourth-order valence-electron chi connectivity index (χ4n) is 1.76. The molecule has 0 atom stereocenters. The van der Waals surface area contributed by atoms with Gasteiger partial charge in [-0.05, 0) is 12.1 Å². The van der Waals surface area contributed by atoms with Crippen molar-refractivity contribution in [3.05, 3.63) is 41.4 Å². The number of rotatable bonds is 4. The van der Waals surface area contributed by atoms with Crippen molar-refractivity contribution in [2.45, 2.75) is 10.1 Å². The van der Waals surface area contributed by atoms with Gasteiger partial charge in [0.2, 0.25) is 0 Å². The quantitative estimate of drug-likeness (QED) is 0.437. The largest absolute Gasteiger partial charge is 0.308 e. The van der Waals surface area contributed by atoms with Crippen LogP contribution in [0, 0.1) is 0 Å². The van der Waals surface area contributed by atoms with Crippen LogP contribution in [0.4, 0.5) is 5.82 Å². The molecule has 0 aliphatic heterocycles. The van der Waals surface area contributed by atoms with Gasteiger partial charge in [0, 0.05) is 16.7 Å². The Bertz CT molecular complexity index is 684. The Morgan fingerprint density at radius 3 is 3.00 bits per heavy atom. The molecule has 0 amide bonds. The van der Waals surface area contributed by atoms with Gasteiger partial charge in [0.25, 0.3) is 0 Å². The number of pyridine rings is 1. The highest BCUT2D eigenvalue weighted by molar-refractivity contribution is 8.00. The van der Waals surface area contributed by atoms with Gasteiger partial charge in [0.15, 0.2) is 4.34 Å². The molecule has 3 N–H and O–H groups in total. The van der Waals surface area contributed by atoms with E-state index in [-0.39, 0.29) is 0 Å². The predicted octanol–water partition coefficient (Wildman–Crippen LogP) is 2.66. The maximum absolute atomic E-state index is 5.54. The minimum atomic E-state index is 0.704. The molecule has 1 aromatic carbocycles. The van der Waals surface area contributed by atoms with E-state index in [1.807, 2.05) is 24.3 Å². The van der Waals surface area contributed by atoms with Crippen LogP contribution in [0.15, 0.2) is 40.2 Å². The fourth-order valence-corrected chi connectivity index (χ4v) is 3.22. The lowest BCUT2D eigenvalue weighted by Gasteiger charge is -2.08. The lowest BCUT2D eigenvalue weighted by molar-refractivity contribution is 1.01. The first-order valence-corrected chi connectivity index (χ1v) is 7.47. The molecule has 0 aliphatic carbocycles. The van der Waals surface area contributed by atoms with E-state index < -0.39 is 0 Å². The zero-order valence-electron chi connectivity index (χ0n) is 9.91. The number of thioether (sulfide) groups is 1. The first kappa shape index (κ1) is 12.3. The van der Waals surface area contributed by atoms with E-state index in [1.54, 1.807) is 17.3 Å². The number of hydrogen-bond donors (Lipinski definition) is 2. The lowest BCUT2D eigenvalue weighted by Crippen LogP contribution is -2.11. The number of hydrazine groups is 1. The summed E-state index contributed by atoms with van der Waals surface area (Å²) in [6.07, 6.45) is 0. The summed E-state index contributed by atoms with van der Waals surface area (Å²) >= 11 is 3.16. The maximum atomic E-state index is 5.54. The molecule has 96 valence electrons. The highest BCUT2D eigenvalue weighted by atomic mass is 32.2. The highest BCUT2D eigenvalue weighted by Gasteiger charge is 2.07. The zero-order chi connectivity index (χ0) is 13.1. The van der Waals surface area contributed by atoms with Crippen molar-refractivity contribution in [3.8, 4) is 0 Å². The van der Waals surface area contributed by atoms with Crippen LogP contribution in [-0.2, 0) is 5.75 Å². The predicted molar refractivity (Wildman–Crippen MR) is 79.0 cm³/mol. The number of aromatic nitrogens is 3. The topological polar surface area (TPSA) is 76.7 Å². The van der Waals surface area contributed by atoms with Crippen LogP contribution in [0.3, 0.4) is 0 Å². The molecule has 3 rings (SSSR count). The number of fused-ring (bicyclic) bond motifs is 1. The van der Waals surface area contributed by atoms with Crippen LogP contribution in [0.2, 0.25) is 0 Å². The molecule has 0 saturated carbocycles. The Morgan fingerprint density at radius 2 is 2.21 bits per heavy atom. The van der Waals surface area contributed by atoms with Crippen LogP contribution in [0.1, 0.15) is 5.56 Å². The number of hydrogen-bond acceptors (Lipinski definition) is 7. The molecule has 5 nitrogen and oxygen atoms in total. The molecule has 0 unspecified atom stereocenters. The Hall–Kier alpha value is -1.70. The van der Waals surface area contributed by atoms with Gasteiger partial charge < -0.3 is 5.43 Å². The average molecular weight is 289 g/mol. The van der Waals surface area contributed by atoms with Crippen LogP contribution < -0.4 is 11.3 Å². The summed E-state index contributed by atoms with van der Waals surface area (Å²) in [5.74, 6) is 7.00. The van der Waals surface area contributed by atoms with Crippen molar-refractivity contribution in [3.63, 3.8) is 0 Å². The molecular formula is C12H11N5S2. The Kier molecular flexibility index (Phi) is 3.58. The second-order valence-corrected chi connectivity index (χ2v) is 5.88. The summed E-state index contributed by atoms with van der Waals surface area (Å²) in [7, 11) is 0. The summed E-state index contributed by atoms with van der Waals surface area (Å²) in [6.45, 7) is 0. The van der Waals surface area contributed by atoms with Gasteiger partial charge in [-0.15, -0.1) is 10.2 Å². The van der Waals surface area contributed by atoms with Crippen molar-refractivity contribution < 1.29 is 0 Å². The molecule has 0 radical (unpaired) electrons. The van der Waals surface area contributed by atoms with Crippen LogP contribution >= 0.6 is 23.1 Å². The van der Waals surface area contributed by atoms with Gasteiger partial charge in [0.05, 0.1) is 5.52 Å². The smallest absolute Gasteiger partial charge is 0.174 e. The summed E-state index contributed by atoms with van der Waals surface area (Å²) in [4.78, 5) is 4.51.